The number of hydrogen-bond acceptors (Lipinski definition) is 3. The third kappa shape index (κ3) is 2.88. The normalized spacial score (nSPS) is 17.3. The molecule has 6 heteroatoms. The zero-order chi connectivity index (χ0) is 15.0. The van der Waals surface area contributed by atoms with Crippen LogP contribution in [0.25, 0.3) is 0 Å². The Balaban J connectivity index is 1.73. The maximum absolute atomic E-state index is 12.3. The molecule has 0 bridgehead atoms. The zero-order valence-electron chi connectivity index (χ0n) is 11.6. The molecule has 0 saturated carbocycles. The number of aromatic hydroxyl groups is 1. The summed E-state index contributed by atoms with van der Waals surface area (Å²) in [5, 5.41) is 13.0. The van der Waals surface area contributed by atoms with Gasteiger partial charge in [0.2, 0.25) is 5.91 Å². The van der Waals surface area contributed by atoms with Gasteiger partial charge >= 0.3 is 0 Å². The highest BCUT2D eigenvalue weighted by Crippen LogP contribution is 2.29. The minimum absolute atomic E-state index is 0.0154. The number of rotatable bonds is 2. The van der Waals surface area contributed by atoms with Crippen molar-refractivity contribution in [2.75, 3.05) is 5.32 Å². The van der Waals surface area contributed by atoms with Crippen LogP contribution in [0.3, 0.4) is 0 Å². The van der Waals surface area contributed by atoms with E-state index < -0.39 is 0 Å². The summed E-state index contributed by atoms with van der Waals surface area (Å²) < 4.78 is 0. The van der Waals surface area contributed by atoms with Crippen molar-refractivity contribution in [3.8, 4) is 5.75 Å². The lowest BCUT2D eigenvalue weighted by Gasteiger charge is -2.20. The maximum Gasteiger partial charge on any atom is 0.227 e. The molecule has 1 atom stereocenters. The quantitative estimate of drug-likeness (QED) is 0.747. The van der Waals surface area contributed by atoms with Crippen LogP contribution in [-0.4, -0.2) is 21.0 Å². The van der Waals surface area contributed by atoms with Crippen LogP contribution in [0, 0.1) is 12.8 Å². The molecular weight excluding hydrogens is 290 g/mol. The van der Waals surface area contributed by atoms with Gasteiger partial charge in [-0.05, 0) is 38.0 Å². The van der Waals surface area contributed by atoms with E-state index in [1.54, 1.807) is 12.1 Å². The van der Waals surface area contributed by atoms with Gasteiger partial charge in [0.15, 0.2) is 0 Å². The van der Waals surface area contributed by atoms with E-state index in [2.05, 4.69) is 15.3 Å². The van der Waals surface area contributed by atoms with Gasteiger partial charge in [0.25, 0.3) is 0 Å². The Bertz CT molecular complexity index is 696. The van der Waals surface area contributed by atoms with Crippen molar-refractivity contribution in [1.82, 2.24) is 9.97 Å². The Morgan fingerprint density at radius 2 is 2.33 bits per heavy atom. The second-order valence-electron chi connectivity index (χ2n) is 5.34. The van der Waals surface area contributed by atoms with Crippen LogP contribution in [0.2, 0.25) is 5.02 Å². The standard InChI is InChI=1S/C15H16ClN3O2/c1-8-17-11-4-2-9(6-12(11)18-8)15(21)19-13-7-10(16)3-5-14(13)20/h3,5,7,9,20H,2,4,6H2,1H3,(H,17,18)(H,19,21). The molecule has 1 amide bonds. The number of H-pyrrole nitrogens is 1. The number of phenols is 1. The fraction of sp³-hybridized carbons (Fsp3) is 0.333. The fourth-order valence-corrected chi connectivity index (χ4v) is 2.86. The van der Waals surface area contributed by atoms with Gasteiger partial charge in [0.05, 0.1) is 11.4 Å². The summed E-state index contributed by atoms with van der Waals surface area (Å²) in [6, 6.07) is 4.59. The van der Waals surface area contributed by atoms with Crippen molar-refractivity contribution in [2.45, 2.75) is 26.2 Å². The number of nitrogens with zero attached hydrogens (tertiary/aromatic N) is 1. The Morgan fingerprint density at radius 1 is 1.52 bits per heavy atom. The molecule has 0 spiro atoms. The number of carbonyl (C=O) groups excluding carboxylic acids is 1. The lowest BCUT2D eigenvalue weighted by Crippen LogP contribution is -2.28. The van der Waals surface area contributed by atoms with E-state index in [-0.39, 0.29) is 17.6 Å². The Hall–Kier alpha value is -2.01. The minimum atomic E-state index is -0.129. The smallest absolute Gasteiger partial charge is 0.227 e. The molecule has 2 aromatic rings. The first-order chi connectivity index (χ1) is 10.0. The molecule has 3 rings (SSSR count). The number of benzene rings is 1. The molecule has 1 heterocycles. The number of phenolic OH excluding ortho intramolecular Hbond substituents is 1. The third-order valence-corrected chi connectivity index (χ3v) is 3.99. The van der Waals surface area contributed by atoms with Gasteiger partial charge in [-0.2, -0.15) is 0 Å². The first kappa shape index (κ1) is 13.9. The monoisotopic (exact) mass is 305 g/mol. The topological polar surface area (TPSA) is 78.0 Å². The molecule has 0 aliphatic heterocycles. The van der Waals surface area contributed by atoms with E-state index in [0.717, 1.165) is 30.1 Å². The summed E-state index contributed by atoms with van der Waals surface area (Å²) in [5.41, 5.74) is 2.44. The van der Waals surface area contributed by atoms with Crippen LogP contribution in [-0.2, 0) is 17.6 Å². The summed E-state index contributed by atoms with van der Waals surface area (Å²) in [6.07, 6.45) is 2.19. The van der Waals surface area contributed by atoms with E-state index in [4.69, 9.17) is 11.6 Å². The van der Waals surface area contributed by atoms with Crippen molar-refractivity contribution >= 4 is 23.2 Å². The summed E-state index contributed by atoms with van der Waals surface area (Å²) in [7, 11) is 0. The predicted molar refractivity (Wildman–Crippen MR) is 80.6 cm³/mol. The molecule has 110 valence electrons. The number of halogens is 1. The largest absolute Gasteiger partial charge is 0.506 e. The molecule has 3 N–H and O–H groups in total. The number of imidazole rings is 1. The van der Waals surface area contributed by atoms with Crippen molar-refractivity contribution in [2.24, 2.45) is 5.92 Å². The average Bonchev–Trinajstić information content (AvgIpc) is 2.81. The molecule has 1 unspecified atom stereocenters. The minimum Gasteiger partial charge on any atom is -0.506 e. The molecule has 1 aliphatic rings. The third-order valence-electron chi connectivity index (χ3n) is 3.75. The number of fused-ring (bicyclic) bond motifs is 1. The second kappa shape index (κ2) is 5.41. The van der Waals surface area contributed by atoms with Gasteiger partial charge in [-0.1, -0.05) is 11.6 Å². The number of aromatic nitrogens is 2. The number of anilines is 1. The number of amides is 1. The van der Waals surface area contributed by atoms with E-state index in [9.17, 15) is 9.90 Å². The first-order valence-electron chi connectivity index (χ1n) is 6.86. The van der Waals surface area contributed by atoms with Gasteiger partial charge in [-0.15, -0.1) is 0 Å². The zero-order valence-corrected chi connectivity index (χ0v) is 12.4. The molecule has 0 saturated heterocycles. The number of hydrogen-bond donors (Lipinski definition) is 3. The average molecular weight is 306 g/mol. The first-order valence-corrected chi connectivity index (χ1v) is 7.24. The van der Waals surface area contributed by atoms with E-state index in [1.807, 2.05) is 6.92 Å². The number of aryl methyl sites for hydroxylation is 2. The summed E-state index contributed by atoms with van der Waals surface area (Å²) >= 11 is 5.88. The van der Waals surface area contributed by atoms with Crippen molar-refractivity contribution in [1.29, 1.82) is 0 Å². The van der Waals surface area contributed by atoms with Crippen molar-refractivity contribution in [3.63, 3.8) is 0 Å². The highest BCUT2D eigenvalue weighted by atomic mass is 35.5. The van der Waals surface area contributed by atoms with Gasteiger partial charge in [0.1, 0.15) is 11.6 Å². The fourth-order valence-electron chi connectivity index (χ4n) is 2.69. The van der Waals surface area contributed by atoms with Crippen LogP contribution in [0.5, 0.6) is 5.75 Å². The highest BCUT2D eigenvalue weighted by Gasteiger charge is 2.27. The van der Waals surface area contributed by atoms with E-state index >= 15 is 0 Å². The Labute approximate surface area is 127 Å². The SMILES string of the molecule is Cc1nc2c([nH]1)CC(C(=O)Nc1cc(Cl)ccc1O)CC2. The molecule has 1 aromatic carbocycles. The summed E-state index contributed by atoms with van der Waals surface area (Å²) in [6.45, 7) is 1.91. The van der Waals surface area contributed by atoms with E-state index in [0.29, 0.717) is 17.1 Å². The summed E-state index contributed by atoms with van der Waals surface area (Å²) in [4.78, 5) is 20.0. The number of carbonyl (C=O) groups is 1. The Kier molecular flexibility index (Phi) is 3.59. The predicted octanol–water partition coefficient (Wildman–Crippen LogP) is 2.82. The van der Waals surface area contributed by atoms with Crippen LogP contribution >= 0.6 is 11.6 Å². The van der Waals surface area contributed by atoms with Gasteiger partial charge < -0.3 is 15.4 Å². The van der Waals surface area contributed by atoms with Crippen molar-refractivity contribution < 1.29 is 9.90 Å². The highest BCUT2D eigenvalue weighted by molar-refractivity contribution is 6.31. The molecular formula is C15H16ClN3O2. The van der Waals surface area contributed by atoms with Gasteiger partial charge in [-0.25, -0.2) is 4.98 Å². The molecule has 5 nitrogen and oxygen atoms in total. The molecule has 0 fully saturated rings. The Morgan fingerprint density at radius 3 is 3.14 bits per heavy atom. The van der Waals surface area contributed by atoms with Gasteiger partial charge in [-0.3, -0.25) is 4.79 Å². The van der Waals surface area contributed by atoms with Gasteiger partial charge in [0, 0.05) is 23.1 Å². The van der Waals surface area contributed by atoms with Crippen molar-refractivity contribution in [3.05, 3.63) is 40.4 Å². The molecule has 1 aromatic heterocycles. The lowest BCUT2D eigenvalue weighted by atomic mass is 9.89. The lowest BCUT2D eigenvalue weighted by molar-refractivity contribution is -0.120. The van der Waals surface area contributed by atoms with Crippen LogP contribution in [0.15, 0.2) is 18.2 Å². The molecule has 21 heavy (non-hydrogen) atoms. The summed E-state index contributed by atoms with van der Waals surface area (Å²) in [5.74, 6) is 0.663. The number of aromatic amines is 1. The maximum atomic E-state index is 12.3. The van der Waals surface area contributed by atoms with E-state index in [1.165, 1.54) is 6.07 Å². The second-order valence-corrected chi connectivity index (χ2v) is 5.77. The van der Waals surface area contributed by atoms with Crippen LogP contribution in [0.1, 0.15) is 23.6 Å². The van der Waals surface area contributed by atoms with Crippen LogP contribution < -0.4 is 5.32 Å². The number of nitrogens with one attached hydrogen (secondary N) is 2. The molecule has 0 radical (unpaired) electrons. The van der Waals surface area contributed by atoms with Crippen LogP contribution in [0.4, 0.5) is 5.69 Å². The molecule has 1 aliphatic carbocycles.